The van der Waals surface area contributed by atoms with E-state index in [4.69, 9.17) is 11.5 Å². The Morgan fingerprint density at radius 3 is 2.89 bits per heavy atom. The van der Waals surface area contributed by atoms with Gasteiger partial charge in [-0.25, -0.2) is 4.68 Å². The van der Waals surface area contributed by atoms with Gasteiger partial charge in [0.15, 0.2) is 0 Å². The first-order valence-electron chi connectivity index (χ1n) is 5.61. The maximum absolute atomic E-state index is 11.5. The second-order valence-corrected chi connectivity index (χ2v) is 4.28. The van der Waals surface area contributed by atoms with Gasteiger partial charge in [-0.2, -0.15) is 5.10 Å². The van der Waals surface area contributed by atoms with Crippen molar-refractivity contribution in [2.24, 2.45) is 11.5 Å². The van der Waals surface area contributed by atoms with Crippen LogP contribution in [-0.2, 0) is 4.79 Å². The molecule has 2 heterocycles. The Labute approximate surface area is 108 Å². The second kappa shape index (κ2) is 3.92. The van der Waals surface area contributed by atoms with Gasteiger partial charge in [-0.15, -0.1) is 0 Å². The fraction of sp³-hybridized carbons (Fsp3) is 0.0833. The summed E-state index contributed by atoms with van der Waals surface area (Å²) >= 11 is 0. The minimum Gasteiger partial charge on any atom is -0.366 e. The molecule has 1 unspecified atom stereocenters. The predicted octanol–water partition coefficient (Wildman–Crippen LogP) is -0.0769. The summed E-state index contributed by atoms with van der Waals surface area (Å²) in [5.41, 5.74) is 13.3. The van der Waals surface area contributed by atoms with Gasteiger partial charge in [0.1, 0.15) is 6.04 Å². The number of carbonyl (C=O) groups excluding carboxylic acids is 2. The van der Waals surface area contributed by atoms with E-state index in [0.717, 1.165) is 5.56 Å². The van der Waals surface area contributed by atoms with Crippen LogP contribution in [0.3, 0.4) is 0 Å². The summed E-state index contributed by atoms with van der Waals surface area (Å²) in [6, 6.07) is 4.65. The standard InChI is InChI=1S/C12H11N5O2/c13-10-8-2-1-7(3-9(8)16-12(10)19)17-5-6(4-15-17)11(14)18/h1-5,10H,13H2,(H2,14,18)(H,16,19). The molecule has 0 saturated carbocycles. The lowest BCUT2D eigenvalue weighted by atomic mass is 10.1. The van der Waals surface area contributed by atoms with E-state index in [0.29, 0.717) is 16.9 Å². The van der Waals surface area contributed by atoms with Crippen molar-refractivity contribution >= 4 is 17.5 Å². The molecule has 7 heteroatoms. The molecule has 19 heavy (non-hydrogen) atoms. The normalized spacial score (nSPS) is 17.1. The van der Waals surface area contributed by atoms with E-state index in [9.17, 15) is 9.59 Å². The van der Waals surface area contributed by atoms with Crippen LogP contribution in [0.5, 0.6) is 0 Å². The van der Waals surface area contributed by atoms with E-state index in [1.165, 1.54) is 17.1 Å². The highest BCUT2D eigenvalue weighted by Gasteiger charge is 2.27. The third kappa shape index (κ3) is 1.76. The summed E-state index contributed by atoms with van der Waals surface area (Å²) < 4.78 is 1.51. The highest BCUT2D eigenvalue weighted by molar-refractivity contribution is 6.02. The zero-order valence-electron chi connectivity index (χ0n) is 9.83. The summed E-state index contributed by atoms with van der Waals surface area (Å²) in [4.78, 5) is 22.5. The first kappa shape index (κ1) is 11.4. The summed E-state index contributed by atoms with van der Waals surface area (Å²) in [5.74, 6) is -0.770. The molecule has 3 rings (SSSR count). The van der Waals surface area contributed by atoms with Gasteiger partial charge in [0.2, 0.25) is 5.91 Å². The number of benzene rings is 1. The van der Waals surface area contributed by atoms with Crippen molar-refractivity contribution in [3.05, 3.63) is 41.7 Å². The molecule has 96 valence electrons. The SMILES string of the molecule is NC(=O)c1cnn(-c2ccc3c(c2)NC(=O)C3N)c1. The molecule has 1 aliphatic heterocycles. The van der Waals surface area contributed by atoms with E-state index >= 15 is 0 Å². The number of nitrogens with one attached hydrogen (secondary N) is 1. The Morgan fingerprint density at radius 2 is 2.21 bits per heavy atom. The van der Waals surface area contributed by atoms with Crippen molar-refractivity contribution in [3.8, 4) is 5.69 Å². The van der Waals surface area contributed by atoms with Gasteiger partial charge < -0.3 is 16.8 Å². The molecule has 1 aliphatic rings. The van der Waals surface area contributed by atoms with Gasteiger partial charge in [0.25, 0.3) is 5.91 Å². The Balaban J connectivity index is 2.01. The number of hydrogen-bond donors (Lipinski definition) is 3. The fourth-order valence-electron chi connectivity index (χ4n) is 2.01. The van der Waals surface area contributed by atoms with E-state index < -0.39 is 11.9 Å². The van der Waals surface area contributed by atoms with Crippen LogP contribution >= 0.6 is 0 Å². The third-order valence-electron chi connectivity index (χ3n) is 3.04. The monoisotopic (exact) mass is 257 g/mol. The molecular weight excluding hydrogens is 246 g/mol. The lowest BCUT2D eigenvalue weighted by Crippen LogP contribution is -2.19. The van der Waals surface area contributed by atoms with Crippen LogP contribution < -0.4 is 16.8 Å². The molecule has 0 fully saturated rings. The van der Waals surface area contributed by atoms with Crippen LogP contribution in [-0.4, -0.2) is 21.6 Å². The summed E-state index contributed by atoms with van der Waals surface area (Å²) in [5, 5.41) is 6.73. The third-order valence-corrected chi connectivity index (χ3v) is 3.04. The van der Waals surface area contributed by atoms with Crippen molar-refractivity contribution in [1.29, 1.82) is 0 Å². The number of aromatic nitrogens is 2. The average Bonchev–Trinajstić information content (AvgIpc) is 2.96. The molecule has 1 atom stereocenters. The van der Waals surface area contributed by atoms with Crippen molar-refractivity contribution in [1.82, 2.24) is 9.78 Å². The Kier molecular flexibility index (Phi) is 2.36. The van der Waals surface area contributed by atoms with Gasteiger partial charge in [-0.3, -0.25) is 9.59 Å². The van der Waals surface area contributed by atoms with E-state index in [1.807, 2.05) is 0 Å². The van der Waals surface area contributed by atoms with Crippen LogP contribution in [0.1, 0.15) is 22.0 Å². The number of fused-ring (bicyclic) bond motifs is 1. The van der Waals surface area contributed by atoms with Crippen LogP contribution in [0, 0.1) is 0 Å². The minimum atomic E-state index is -0.636. The maximum Gasteiger partial charge on any atom is 0.251 e. The second-order valence-electron chi connectivity index (χ2n) is 4.28. The topological polar surface area (TPSA) is 116 Å². The molecule has 2 aromatic rings. The first-order valence-corrected chi connectivity index (χ1v) is 5.61. The predicted molar refractivity (Wildman–Crippen MR) is 67.6 cm³/mol. The summed E-state index contributed by atoms with van der Waals surface area (Å²) in [6.07, 6.45) is 2.92. The highest BCUT2D eigenvalue weighted by atomic mass is 16.2. The van der Waals surface area contributed by atoms with Crippen molar-refractivity contribution < 1.29 is 9.59 Å². The number of rotatable bonds is 2. The van der Waals surface area contributed by atoms with Gasteiger partial charge >= 0.3 is 0 Å². The smallest absolute Gasteiger partial charge is 0.251 e. The number of primary amides is 1. The lowest BCUT2D eigenvalue weighted by Gasteiger charge is -2.05. The van der Waals surface area contributed by atoms with Crippen LogP contribution in [0.4, 0.5) is 5.69 Å². The Bertz CT molecular complexity index is 691. The van der Waals surface area contributed by atoms with Crippen molar-refractivity contribution in [3.63, 3.8) is 0 Å². The van der Waals surface area contributed by atoms with Gasteiger partial charge in [-0.1, -0.05) is 6.07 Å². The molecule has 7 nitrogen and oxygen atoms in total. The Hall–Kier alpha value is -2.67. The number of nitrogens with zero attached hydrogens (tertiary/aromatic N) is 2. The van der Waals surface area contributed by atoms with E-state index in [1.54, 1.807) is 18.2 Å². The highest BCUT2D eigenvalue weighted by Crippen LogP contribution is 2.30. The Morgan fingerprint density at radius 1 is 1.42 bits per heavy atom. The molecule has 1 aromatic carbocycles. The minimum absolute atomic E-state index is 0.231. The first-order chi connectivity index (χ1) is 9.06. The largest absolute Gasteiger partial charge is 0.366 e. The molecule has 0 radical (unpaired) electrons. The van der Waals surface area contributed by atoms with Crippen molar-refractivity contribution in [2.45, 2.75) is 6.04 Å². The van der Waals surface area contributed by atoms with Crippen LogP contribution in [0.2, 0.25) is 0 Å². The maximum atomic E-state index is 11.5. The summed E-state index contributed by atoms with van der Waals surface area (Å²) in [6.45, 7) is 0. The number of nitrogens with two attached hydrogens (primary N) is 2. The van der Waals surface area contributed by atoms with E-state index in [-0.39, 0.29) is 5.91 Å². The van der Waals surface area contributed by atoms with Gasteiger partial charge in [-0.05, 0) is 12.1 Å². The fourth-order valence-corrected chi connectivity index (χ4v) is 2.01. The molecule has 0 saturated heterocycles. The molecule has 0 aliphatic carbocycles. The van der Waals surface area contributed by atoms with Gasteiger partial charge in [0, 0.05) is 17.4 Å². The molecule has 0 spiro atoms. The van der Waals surface area contributed by atoms with Crippen LogP contribution in [0.15, 0.2) is 30.6 Å². The average molecular weight is 257 g/mol. The quantitative estimate of drug-likeness (QED) is 0.697. The zero-order chi connectivity index (χ0) is 13.6. The molecule has 1 aromatic heterocycles. The van der Waals surface area contributed by atoms with E-state index in [2.05, 4.69) is 10.4 Å². The molecule has 2 amide bonds. The zero-order valence-corrected chi connectivity index (χ0v) is 9.83. The number of hydrogen-bond acceptors (Lipinski definition) is 4. The number of anilines is 1. The molecular formula is C12H11N5O2. The molecule has 0 bridgehead atoms. The van der Waals surface area contributed by atoms with Crippen molar-refractivity contribution in [2.75, 3.05) is 5.32 Å². The summed E-state index contributed by atoms with van der Waals surface area (Å²) in [7, 11) is 0. The molecule has 5 N–H and O–H groups in total. The van der Waals surface area contributed by atoms with Gasteiger partial charge in [0.05, 0.1) is 17.4 Å². The number of amides is 2. The number of carbonyl (C=O) groups is 2. The van der Waals surface area contributed by atoms with Crippen LogP contribution in [0.25, 0.3) is 5.69 Å². The lowest BCUT2D eigenvalue weighted by molar-refractivity contribution is -0.116.